The van der Waals surface area contributed by atoms with Crippen LogP contribution in [0.3, 0.4) is 0 Å². The zero-order valence-electron chi connectivity index (χ0n) is 11.4. The van der Waals surface area contributed by atoms with Crippen molar-refractivity contribution in [2.45, 2.75) is 33.3 Å². The quantitative estimate of drug-likeness (QED) is 0.626. The first-order valence-electron chi connectivity index (χ1n) is 6.24. The molecule has 0 aromatic carbocycles. The number of esters is 1. The minimum Gasteiger partial charge on any atom is -0.461 e. The Hall–Kier alpha value is -1.88. The van der Waals surface area contributed by atoms with Gasteiger partial charge in [0.25, 0.3) is 0 Å². The second kappa shape index (κ2) is 6.52. The van der Waals surface area contributed by atoms with E-state index in [1.165, 1.54) is 0 Å². The largest absolute Gasteiger partial charge is 0.461 e. The van der Waals surface area contributed by atoms with Gasteiger partial charge in [-0.15, -0.1) is 0 Å². The van der Waals surface area contributed by atoms with Gasteiger partial charge in [0, 0.05) is 23.7 Å². The lowest BCUT2D eigenvalue weighted by Gasteiger charge is -2.04. The summed E-state index contributed by atoms with van der Waals surface area (Å²) in [7, 11) is 0. The van der Waals surface area contributed by atoms with Crippen LogP contribution in [0.2, 0.25) is 5.15 Å². The van der Waals surface area contributed by atoms with Crippen LogP contribution in [0.15, 0.2) is 22.9 Å². The average molecular weight is 295 g/mol. The molecule has 5 nitrogen and oxygen atoms in total. The number of ether oxygens (including phenoxy) is 1. The van der Waals surface area contributed by atoms with Gasteiger partial charge in [0.1, 0.15) is 17.5 Å². The zero-order valence-corrected chi connectivity index (χ0v) is 12.1. The van der Waals surface area contributed by atoms with Crippen molar-refractivity contribution in [3.8, 4) is 0 Å². The average Bonchev–Trinajstić information content (AvgIpc) is 2.75. The zero-order chi connectivity index (χ0) is 14.5. The van der Waals surface area contributed by atoms with Gasteiger partial charge in [0.05, 0.1) is 5.69 Å². The van der Waals surface area contributed by atoms with E-state index in [1.54, 1.807) is 18.3 Å². The maximum atomic E-state index is 11.7. The van der Waals surface area contributed by atoms with Crippen LogP contribution in [0.5, 0.6) is 0 Å². The normalized spacial score (nSPS) is 10.6. The van der Waals surface area contributed by atoms with Crippen LogP contribution < -0.4 is 0 Å². The lowest BCUT2D eigenvalue weighted by molar-refractivity contribution is -0.144. The fraction of sp³-hybridized carbons (Fsp3) is 0.357. The van der Waals surface area contributed by atoms with Crippen molar-refractivity contribution < 1.29 is 14.1 Å². The Kier molecular flexibility index (Phi) is 4.74. The molecule has 0 atom stereocenters. The molecule has 2 heterocycles. The molecule has 2 aromatic heterocycles. The third kappa shape index (κ3) is 3.81. The third-order valence-corrected chi connectivity index (χ3v) is 3.17. The molecule has 0 spiro atoms. The molecular formula is C14H15ClN2O3. The monoisotopic (exact) mass is 294 g/mol. The molecule has 20 heavy (non-hydrogen) atoms. The summed E-state index contributed by atoms with van der Waals surface area (Å²) in [6.07, 6.45) is 2.45. The van der Waals surface area contributed by atoms with Gasteiger partial charge in [-0.2, -0.15) is 0 Å². The predicted molar refractivity (Wildman–Crippen MR) is 73.3 cm³/mol. The molecular weight excluding hydrogens is 280 g/mol. The van der Waals surface area contributed by atoms with Gasteiger partial charge in [0.2, 0.25) is 0 Å². The molecule has 2 aromatic rings. The van der Waals surface area contributed by atoms with Crippen molar-refractivity contribution in [3.63, 3.8) is 0 Å². The molecule has 0 N–H and O–H groups in total. The standard InChI is InChI=1S/C14H15ClN2O3/c1-9-12(10(2)20-17-9)4-6-14(18)19-8-11-3-5-13(15)16-7-11/h3,5,7H,4,6,8H2,1-2H3. The SMILES string of the molecule is Cc1noc(C)c1CCC(=O)OCc1ccc(Cl)nc1. The Balaban J connectivity index is 1.80. The van der Waals surface area contributed by atoms with E-state index in [0.29, 0.717) is 18.0 Å². The fourth-order valence-electron chi connectivity index (χ4n) is 1.81. The summed E-state index contributed by atoms with van der Waals surface area (Å²) in [6, 6.07) is 3.44. The van der Waals surface area contributed by atoms with E-state index in [1.807, 2.05) is 13.8 Å². The number of hydrogen-bond donors (Lipinski definition) is 0. The molecule has 0 fully saturated rings. The van der Waals surface area contributed by atoms with Gasteiger partial charge < -0.3 is 9.26 Å². The van der Waals surface area contributed by atoms with Crippen LogP contribution >= 0.6 is 11.6 Å². The van der Waals surface area contributed by atoms with Gasteiger partial charge >= 0.3 is 5.97 Å². The Labute approximate surface area is 121 Å². The van der Waals surface area contributed by atoms with Gasteiger partial charge in [0.15, 0.2) is 0 Å². The van der Waals surface area contributed by atoms with Crippen LogP contribution in [0.4, 0.5) is 0 Å². The molecule has 0 saturated heterocycles. The van der Waals surface area contributed by atoms with Gasteiger partial charge in [-0.05, 0) is 26.3 Å². The predicted octanol–water partition coefficient (Wildman–Crippen LogP) is 3.02. The number of pyridine rings is 1. The van der Waals surface area contributed by atoms with Crippen LogP contribution in [0.1, 0.15) is 29.0 Å². The fourth-order valence-corrected chi connectivity index (χ4v) is 1.93. The highest BCUT2D eigenvalue weighted by Gasteiger charge is 2.12. The van der Waals surface area contributed by atoms with E-state index >= 15 is 0 Å². The summed E-state index contributed by atoms with van der Waals surface area (Å²) in [5.41, 5.74) is 2.59. The molecule has 106 valence electrons. The highest BCUT2D eigenvalue weighted by Crippen LogP contribution is 2.15. The first-order valence-corrected chi connectivity index (χ1v) is 6.62. The maximum Gasteiger partial charge on any atom is 0.306 e. The number of rotatable bonds is 5. The Morgan fingerprint density at radius 3 is 2.80 bits per heavy atom. The number of hydrogen-bond acceptors (Lipinski definition) is 5. The minimum atomic E-state index is -0.264. The topological polar surface area (TPSA) is 65.2 Å². The number of carbonyl (C=O) groups excluding carboxylic acids is 1. The Morgan fingerprint density at radius 2 is 2.20 bits per heavy atom. The van der Waals surface area contributed by atoms with Crippen molar-refractivity contribution in [2.24, 2.45) is 0 Å². The van der Waals surface area contributed by atoms with E-state index in [4.69, 9.17) is 20.9 Å². The summed E-state index contributed by atoms with van der Waals surface area (Å²) < 4.78 is 10.2. The summed E-state index contributed by atoms with van der Waals surface area (Å²) >= 11 is 5.68. The smallest absolute Gasteiger partial charge is 0.306 e. The lowest BCUT2D eigenvalue weighted by atomic mass is 10.1. The maximum absolute atomic E-state index is 11.7. The van der Waals surface area contributed by atoms with Crippen molar-refractivity contribution in [1.29, 1.82) is 0 Å². The second-order valence-electron chi connectivity index (χ2n) is 4.45. The molecule has 0 aliphatic carbocycles. The van der Waals surface area contributed by atoms with Crippen molar-refractivity contribution >= 4 is 17.6 Å². The van der Waals surface area contributed by atoms with Gasteiger partial charge in [-0.3, -0.25) is 4.79 Å². The number of aryl methyl sites for hydroxylation is 2. The summed E-state index contributed by atoms with van der Waals surface area (Å²) in [5, 5.41) is 4.26. The van der Waals surface area contributed by atoms with E-state index < -0.39 is 0 Å². The lowest BCUT2D eigenvalue weighted by Crippen LogP contribution is -2.06. The molecule has 0 radical (unpaired) electrons. The van der Waals surface area contributed by atoms with Crippen molar-refractivity contribution in [2.75, 3.05) is 0 Å². The number of aromatic nitrogens is 2. The van der Waals surface area contributed by atoms with Crippen molar-refractivity contribution in [3.05, 3.63) is 46.1 Å². The third-order valence-electron chi connectivity index (χ3n) is 2.95. The van der Waals surface area contributed by atoms with E-state index in [9.17, 15) is 4.79 Å². The van der Waals surface area contributed by atoms with Crippen LogP contribution in [0, 0.1) is 13.8 Å². The molecule has 0 saturated carbocycles. The number of nitrogens with zero attached hydrogens (tertiary/aromatic N) is 2. The molecule has 0 amide bonds. The van der Waals surface area contributed by atoms with Crippen LogP contribution in [0.25, 0.3) is 0 Å². The van der Waals surface area contributed by atoms with Crippen LogP contribution in [-0.4, -0.2) is 16.1 Å². The van der Waals surface area contributed by atoms with Crippen LogP contribution in [-0.2, 0) is 22.6 Å². The van der Waals surface area contributed by atoms with Gasteiger partial charge in [-0.25, -0.2) is 4.98 Å². The number of carbonyl (C=O) groups is 1. The molecule has 0 aliphatic rings. The van der Waals surface area contributed by atoms with E-state index in [2.05, 4.69) is 10.1 Å². The molecule has 0 unspecified atom stereocenters. The summed E-state index contributed by atoms with van der Waals surface area (Å²) in [4.78, 5) is 15.6. The van der Waals surface area contributed by atoms with Crippen molar-refractivity contribution in [1.82, 2.24) is 10.1 Å². The molecule has 6 heteroatoms. The Morgan fingerprint density at radius 1 is 1.40 bits per heavy atom. The molecule has 0 bridgehead atoms. The summed E-state index contributed by atoms with van der Waals surface area (Å²) in [6.45, 7) is 3.89. The highest BCUT2D eigenvalue weighted by atomic mass is 35.5. The summed E-state index contributed by atoms with van der Waals surface area (Å²) in [5.74, 6) is 0.483. The first-order chi connectivity index (χ1) is 9.56. The first kappa shape index (κ1) is 14.5. The minimum absolute atomic E-state index is 0.199. The van der Waals surface area contributed by atoms with Gasteiger partial charge in [-0.1, -0.05) is 22.8 Å². The highest BCUT2D eigenvalue weighted by molar-refractivity contribution is 6.29. The van der Waals surface area contributed by atoms with E-state index in [0.717, 1.165) is 22.6 Å². The van der Waals surface area contributed by atoms with E-state index in [-0.39, 0.29) is 12.6 Å². The number of halogens is 1. The Bertz CT molecular complexity index is 573. The molecule has 2 rings (SSSR count). The molecule has 0 aliphatic heterocycles. The second-order valence-corrected chi connectivity index (χ2v) is 4.84.